The molecule has 1 amide bonds. The molecule has 0 radical (unpaired) electrons. The smallest absolute Gasteiger partial charge is 0.253 e. The molecule has 1 aliphatic rings. The zero-order valence-electron chi connectivity index (χ0n) is 13.8. The standard InChI is InChI=1S/C18H27NO2/c1-11(2)14-8-6-7-13(5)16(14)19-18(20)17-15(12(3)4)9-10-21-17/h6-8,11-12,15,17H,9-10H2,1-5H3,(H,19,20)/t15-,17-/m1/s1. The Kier molecular flexibility index (Phi) is 5.04. The van der Waals surface area contributed by atoms with Crippen LogP contribution in [0, 0.1) is 18.8 Å². The van der Waals surface area contributed by atoms with E-state index in [9.17, 15) is 4.79 Å². The summed E-state index contributed by atoms with van der Waals surface area (Å²) in [6, 6.07) is 6.17. The van der Waals surface area contributed by atoms with E-state index in [-0.39, 0.29) is 12.0 Å². The Morgan fingerprint density at radius 3 is 2.62 bits per heavy atom. The predicted molar refractivity (Wildman–Crippen MR) is 86.6 cm³/mol. The highest BCUT2D eigenvalue weighted by Gasteiger charge is 2.36. The lowest BCUT2D eigenvalue weighted by molar-refractivity contribution is -0.127. The monoisotopic (exact) mass is 289 g/mol. The number of ether oxygens (including phenoxy) is 1. The molecule has 0 bridgehead atoms. The van der Waals surface area contributed by atoms with E-state index < -0.39 is 0 Å². The summed E-state index contributed by atoms with van der Waals surface area (Å²) in [5.74, 6) is 1.16. The molecule has 1 aliphatic heterocycles. The minimum absolute atomic E-state index is 0.00222. The molecular weight excluding hydrogens is 262 g/mol. The fourth-order valence-corrected chi connectivity index (χ4v) is 3.10. The lowest BCUT2D eigenvalue weighted by Crippen LogP contribution is -2.35. The van der Waals surface area contributed by atoms with Gasteiger partial charge in [-0.3, -0.25) is 4.79 Å². The third-order valence-electron chi connectivity index (χ3n) is 4.43. The number of para-hydroxylation sites is 1. The van der Waals surface area contributed by atoms with Gasteiger partial charge in [0.2, 0.25) is 0 Å². The Morgan fingerprint density at radius 1 is 1.29 bits per heavy atom. The second kappa shape index (κ2) is 6.61. The second-order valence-electron chi connectivity index (χ2n) is 6.67. The number of anilines is 1. The Balaban J connectivity index is 2.20. The van der Waals surface area contributed by atoms with E-state index in [4.69, 9.17) is 4.74 Å². The van der Waals surface area contributed by atoms with Crippen molar-refractivity contribution in [1.82, 2.24) is 0 Å². The first kappa shape index (κ1) is 16.0. The van der Waals surface area contributed by atoms with Crippen molar-refractivity contribution < 1.29 is 9.53 Å². The van der Waals surface area contributed by atoms with Gasteiger partial charge in [-0.1, -0.05) is 45.9 Å². The number of benzene rings is 1. The van der Waals surface area contributed by atoms with E-state index in [0.717, 1.165) is 17.7 Å². The summed E-state index contributed by atoms with van der Waals surface area (Å²) >= 11 is 0. The molecule has 1 aromatic rings. The molecule has 1 N–H and O–H groups in total. The van der Waals surface area contributed by atoms with Crippen molar-refractivity contribution in [2.75, 3.05) is 11.9 Å². The third-order valence-corrected chi connectivity index (χ3v) is 4.43. The van der Waals surface area contributed by atoms with Gasteiger partial charge in [0.1, 0.15) is 6.10 Å². The van der Waals surface area contributed by atoms with Crippen molar-refractivity contribution in [2.24, 2.45) is 11.8 Å². The molecule has 2 atom stereocenters. The number of amides is 1. The summed E-state index contributed by atoms with van der Waals surface area (Å²) in [4.78, 5) is 12.6. The zero-order valence-corrected chi connectivity index (χ0v) is 13.8. The van der Waals surface area contributed by atoms with Crippen molar-refractivity contribution in [1.29, 1.82) is 0 Å². The number of carbonyl (C=O) groups is 1. The first-order valence-electron chi connectivity index (χ1n) is 7.93. The maximum atomic E-state index is 12.6. The molecule has 1 aromatic carbocycles. The van der Waals surface area contributed by atoms with Crippen LogP contribution in [0.2, 0.25) is 0 Å². The van der Waals surface area contributed by atoms with Gasteiger partial charge in [0.25, 0.3) is 5.91 Å². The molecule has 1 heterocycles. The summed E-state index contributed by atoms with van der Waals surface area (Å²) in [5, 5.41) is 3.12. The van der Waals surface area contributed by atoms with Gasteiger partial charge >= 0.3 is 0 Å². The van der Waals surface area contributed by atoms with Crippen LogP contribution in [0.4, 0.5) is 5.69 Å². The van der Waals surface area contributed by atoms with Gasteiger partial charge in [-0.05, 0) is 42.2 Å². The number of hydrogen-bond donors (Lipinski definition) is 1. The molecular formula is C18H27NO2. The summed E-state index contributed by atoms with van der Waals surface area (Å²) in [6.45, 7) is 11.3. The zero-order chi connectivity index (χ0) is 15.6. The SMILES string of the molecule is Cc1cccc(C(C)C)c1NC(=O)[C@@H]1OCC[C@@H]1C(C)C. The van der Waals surface area contributed by atoms with E-state index in [1.165, 1.54) is 5.56 Å². The molecule has 116 valence electrons. The van der Waals surface area contributed by atoms with Crippen LogP contribution >= 0.6 is 0 Å². The molecule has 0 saturated carbocycles. The van der Waals surface area contributed by atoms with Crippen LogP contribution in [0.15, 0.2) is 18.2 Å². The van der Waals surface area contributed by atoms with Gasteiger partial charge in [0, 0.05) is 12.3 Å². The highest BCUT2D eigenvalue weighted by Crippen LogP contribution is 2.31. The number of hydrogen-bond acceptors (Lipinski definition) is 2. The van der Waals surface area contributed by atoms with Crippen LogP contribution in [0.25, 0.3) is 0 Å². The largest absolute Gasteiger partial charge is 0.368 e. The van der Waals surface area contributed by atoms with Gasteiger partial charge in [-0.2, -0.15) is 0 Å². The summed E-state index contributed by atoms with van der Waals surface area (Å²) in [7, 11) is 0. The number of carbonyl (C=O) groups excluding carboxylic acids is 1. The normalized spacial score (nSPS) is 22.0. The highest BCUT2D eigenvalue weighted by atomic mass is 16.5. The average Bonchev–Trinajstić information content (AvgIpc) is 2.90. The Hall–Kier alpha value is -1.35. The van der Waals surface area contributed by atoms with Gasteiger partial charge < -0.3 is 10.1 Å². The Bertz CT molecular complexity index is 508. The Morgan fingerprint density at radius 2 is 2.00 bits per heavy atom. The molecule has 1 saturated heterocycles. The van der Waals surface area contributed by atoms with Crippen LogP contribution in [0.5, 0.6) is 0 Å². The lowest BCUT2D eigenvalue weighted by atomic mass is 9.89. The van der Waals surface area contributed by atoms with Gasteiger partial charge in [0.05, 0.1) is 0 Å². The first-order valence-corrected chi connectivity index (χ1v) is 7.93. The van der Waals surface area contributed by atoms with E-state index in [0.29, 0.717) is 24.4 Å². The molecule has 0 spiro atoms. The number of nitrogens with one attached hydrogen (secondary N) is 1. The summed E-state index contributed by atoms with van der Waals surface area (Å²) < 4.78 is 5.69. The van der Waals surface area contributed by atoms with Crippen molar-refractivity contribution in [3.63, 3.8) is 0 Å². The minimum atomic E-state index is -0.315. The van der Waals surface area contributed by atoms with Crippen LogP contribution in [-0.2, 0) is 9.53 Å². The van der Waals surface area contributed by atoms with Crippen molar-refractivity contribution in [3.05, 3.63) is 29.3 Å². The molecule has 0 aromatic heterocycles. The van der Waals surface area contributed by atoms with Crippen molar-refractivity contribution in [2.45, 2.75) is 53.1 Å². The maximum absolute atomic E-state index is 12.6. The summed E-state index contributed by atoms with van der Waals surface area (Å²) in [6.07, 6.45) is 0.658. The lowest BCUT2D eigenvalue weighted by Gasteiger charge is -2.23. The fourth-order valence-electron chi connectivity index (χ4n) is 3.10. The van der Waals surface area contributed by atoms with Crippen molar-refractivity contribution in [3.8, 4) is 0 Å². The first-order chi connectivity index (χ1) is 9.91. The number of aryl methyl sites for hydroxylation is 1. The van der Waals surface area contributed by atoms with E-state index >= 15 is 0 Å². The second-order valence-corrected chi connectivity index (χ2v) is 6.67. The van der Waals surface area contributed by atoms with E-state index in [1.807, 2.05) is 19.1 Å². The van der Waals surface area contributed by atoms with Gasteiger partial charge in [0.15, 0.2) is 0 Å². The molecule has 21 heavy (non-hydrogen) atoms. The molecule has 1 fully saturated rings. The van der Waals surface area contributed by atoms with Crippen LogP contribution in [0.3, 0.4) is 0 Å². The highest BCUT2D eigenvalue weighted by molar-refractivity contribution is 5.96. The molecule has 3 nitrogen and oxygen atoms in total. The predicted octanol–water partition coefficient (Wildman–Crippen LogP) is 4.12. The summed E-state index contributed by atoms with van der Waals surface area (Å²) in [5.41, 5.74) is 3.24. The van der Waals surface area contributed by atoms with E-state index in [1.54, 1.807) is 0 Å². The van der Waals surface area contributed by atoms with E-state index in [2.05, 4.69) is 39.1 Å². The molecule has 0 aliphatic carbocycles. The Labute approximate surface area is 128 Å². The van der Waals surface area contributed by atoms with Gasteiger partial charge in [-0.15, -0.1) is 0 Å². The third kappa shape index (κ3) is 3.46. The topological polar surface area (TPSA) is 38.3 Å². The van der Waals surface area contributed by atoms with Crippen LogP contribution in [0.1, 0.15) is 51.2 Å². The minimum Gasteiger partial charge on any atom is -0.368 e. The fraction of sp³-hybridized carbons (Fsp3) is 0.611. The quantitative estimate of drug-likeness (QED) is 0.905. The molecule has 0 unspecified atom stereocenters. The van der Waals surface area contributed by atoms with Crippen molar-refractivity contribution >= 4 is 11.6 Å². The van der Waals surface area contributed by atoms with Gasteiger partial charge in [-0.25, -0.2) is 0 Å². The van der Waals surface area contributed by atoms with Crippen LogP contribution in [-0.4, -0.2) is 18.6 Å². The number of rotatable bonds is 4. The molecule has 3 heteroatoms. The average molecular weight is 289 g/mol. The molecule has 2 rings (SSSR count). The maximum Gasteiger partial charge on any atom is 0.253 e. The van der Waals surface area contributed by atoms with Crippen LogP contribution < -0.4 is 5.32 Å².